The van der Waals surface area contributed by atoms with Crippen LogP contribution >= 0.6 is 0 Å². The minimum Gasteiger partial charge on any atom is -0.508 e. The van der Waals surface area contributed by atoms with Gasteiger partial charge >= 0.3 is 0 Å². The molecule has 0 saturated heterocycles. The third-order valence-electron chi connectivity index (χ3n) is 2.78. The number of fused-ring (bicyclic) bond motifs is 1. The third kappa shape index (κ3) is 1.65. The maximum atomic E-state index is 9.50. The van der Waals surface area contributed by atoms with Crippen LogP contribution in [0.15, 0.2) is 48.8 Å². The number of pyridine rings is 1. The van der Waals surface area contributed by atoms with Crippen molar-refractivity contribution < 1.29 is 5.11 Å². The van der Waals surface area contributed by atoms with Crippen LogP contribution in [0.2, 0.25) is 0 Å². The van der Waals surface area contributed by atoms with Crippen LogP contribution in [0.3, 0.4) is 0 Å². The molecule has 0 aliphatic heterocycles. The van der Waals surface area contributed by atoms with Gasteiger partial charge in [-0.1, -0.05) is 18.2 Å². The zero-order valence-corrected chi connectivity index (χ0v) is 9.46. The highest BCUT2D eigenvalue weighted by Crippen LogP contribution is 2.23. The summed E-state index contributed by atoms with van der Waals surface area (Å²) < 4.78 is 2.03. The van der Waals surface area contributed by atoms with Crippen molar-refractivity contribution in [3.63, 3.8) is 0 Å². The normalized spacial score (nSPS) is 10.9. The lowest BCUT2D eigenvalue weighted by Crippen LogP contribution is -1.90. The molecular formula is C14H12N2O. The maximum absolute atomic E-state index is 9.50. The molecule has 0 amide bonds. The monoisotopic (exact) mass is 224 g/mol. The molecule has 3 rings (SSSR count). The molecule has 3 heteroatoms. The zero-order valence-electron chi connectivity index (χ0n) is 9.46. The van der Waals surface area contributed by atoms with Gasteiger partial charge in [0.25, 0.3) is 0 Å². The molecule has 1 aromatic carbocycles. The molecule has 3 nitrogen and oxygen atoms in total. The number of phenolic OH excluding ortho intramolecular Hbond substituents is 1. The number of aryl methyl sites for hydroxylation is 1. The highest BCUT2D eigenvalue weighted by molar-refractivity contribution is 5.63. The molecule has 0 spiro atoms. The molecule has 2 heterocycles. The summed E-state index contributed by atoms with van der Waals surface area (Å²) in [5, 5.41) is 9.50. The van der Waals surface area contributed by atoms with E-state index < -0.39 is 0 Å². The molecule has 0 aliphatic rings. The van der Waals surface area contributed by atoms with Crippen molar-refractivity contribution in [1.82, 2.24) is 9.38 Å². The number of aromatic nitrogens is 2. The van der Waals surface area contributed by atoms with Gasteiger partial charge in [-0.2, -0.15) is 0 Å². The number of hydrogen-bond acceptors (Lipinski definition) is 2. The van der Waals surface area contributed by atoms with Gasteiger partial charge in [-0.25, -0.2) is 4.98 Å². The number of imidazole rings is 1. The Hall–Kier alpha value is -2.29. The predicted octanol–water partition coefficient (Wildman–Crippen LogP) is 3.02. The number of benzene rings is 1. The first-order valence-corrected chi connectivity index (χ1v) is 5.47. The maximum Gasteiger partial charge on any atom is 0.144 e. The highest BCUT2D eigenvalue weighted by atomic mass is 16.3. The van der Waals surface area contributed by atoms with E-state index in [0.717, 1.165) is 16.9 Å². The molecule has 3 aromatic rings. The molecule has 0 atom stereocenters. The Labute approximate surface area is 99.0 Å². The molecule has 0 aliphatic carbocycles. The second-order valence-electron chi connectivity index (χ2n) is 4.13. The van der Waals surface area contributed by atoms with Gasteiger partial charge < -0.3 is 5.11 Å². The van der Waals surface area contributed by atoms with E-state index >= 15 is 0 Å². The first kappa shape index (κ1) is 9.90. The van der Waals surface area contributed by atoms with Gasteiger partial charge in [0.05, 0.1) is 11.7 Å². The van der Waals surface area contributed by atoms with Crippen LogP contribution < -0.4 is 0 Å². The molecule has 0 bridgehead atoms. The van der Waals surface area contributed by atoms with E-state index in [-0.39, 0.29) is 5.75 Å². The molecule has 0 fully saturated rings. The van der Waals surface area contributed by atoms with Crippen LogP contribution in [-0.4, -0.2) is 14.5 Å². The SMILES string of the molecule is Cc1ccc2cnc(-c3cccc(O)c3)n2c1. The standard InChI is InChI=1S/C14H12N2O/c1-10-5-6-12-8-15-14(16(12)9-10)11-3-2-4-13(17)7-11/h2-9,17H,1H3. The summed E-state index contributed by atoms with van der Waals surface area (Å²) in [6, 6.07) is 11.2. The third-order valence-corrected chi connectivity index (χ3v) is 2.78. The van der Waals surface area contributed by atoms with E-state index in [0.29, 0.717) is 0 Å². The lowest BCUT2D eigenvalue weighted by atomic mass is 10.2. The largest absolute Gasteiger partial charge is 0.508 e. The topological polar surface area (TPSA) is 37.5 Å². The van der Waals surface area contributed by atoms with Gasteiger partial charge in [0.2, 0.25) is 0 Å². The van der Waals surface area contributed by atoms with Gasteiger partial charge in [-0.05, 0) is 30.7 Å². The molecule has 17 heavy (non-hydrogen) atoms. The Morgan fingerprint density at radius 3 is 2.88 bits per heavy atom. The van der Waals surface area contributed by atoms with Crippen molar-refractivity contribution in [2.75, 3.05) is 0 Å². The molecule has 2 aromatic heterocycles. The Balaban J connectivity index is 2.27. The van der Waals surface area contributed by atoms with Crippen molar-refractivity contribution in [1.29, 1.82) is 0 Å². The smallest absolute Gasteiger partial charge is 0.144 e. The minimum absolute atomic E-state index is 0.256. The van der Waals surface area contributed by atoms with Crippen LogP contribution in [0, 0.1) is 6.92 Å². The van der Waals surface area contributed by atoms with E-state index in [4.69, 9.17) is 0 Å². The number of nitrogens with zero attached hydrogens (tertiary/aromatic N) is 2. The lowest BCUT2D eigenvalue weighted by molar-refractivity contribution is 0.475. The summed E-state index contributed by atoms with van der Waals surface area (Å²) in [6.45, 7) is 2.05. The van der Waals surface area contributed by atoms with E-state index in [1.165, 1.54) is 5.56 Å². The number of hydrogen-bond donors (Lipinski definition) is 1. The van der Waals surface area contributed by atoms with Gasteiger partial charge in [0, 0.05) is 11.8 Å². The fourth-order valence-electron chi connectivity index (χ4n) is 1.96. The fraction of sp³-hybridized carbons (Fsp3) is 0.0714. The van der Waals surface area contributed by atoms with Gasteiger partial charge in [0.1, 0.15) is 11.6 Å². The number of aromatic hydroxyl groups is 1. The molecule has 1 N–H and O–H groups in total. The van der Waals surface area contributed by atoms with E-state index in [1.807, 2.05) is 41.9 Å². The first-order chi connectivity index (χ1) is 8.24. The van der Waals surface area contributed by atoms with Crippen molar-refractivity contribution in [3.8, 4) is 17.1 Å². The van der Waals surface area contributed by atoms with Crippen LogP contribution in [0.5, 0.6) is 5.75 Å². The van der Waals surface area contributed by atoms with Crippen LogP contribution in [0.1, 0.15) is 5.56 Å². The molecule has 84 valence electrons. The second-order valence-corrected chi connectivity index (χ2v) is 4.13. The summed E-state index contributed by atoms with van der Waals surface area (Å²) >= 11 is 0. The number of rotatable bonds is 1. The summed E-state index contributed by atoms with van der Waals surface area (Å²) in [7, 11) is 0. The Morgan fingerprint density at radius 2 is 2.06 bits per heavy atom. The van der Waals surface area contributed by atoms with Gasteiger partial charge in [-0.15, -0.1) is 0 Å². The van der Waals surface area contributed by atoms with Crippen LogP contribution in [-0.2, 0) is 0 Å². The minimum atomic E-state index is 0.256. The lowest BCUT2D eigenvalue weighted by Gasteiger charge is -2.03. The van der Waals surface area contributed by atoms with Crippen molar-refractivity contribution in [2.45, 2.75) is 6.92 Å². The Morgan fingerprint density at radius 1 is 1.18 bits per heavy atom. The second kappa shape index (κ2) is 3.63. The Kier molecular flexibility index (Phi) is 2.11. The summed E-state index contributed by atoms with van der Waals surface area (Å²) in [5.74, 6) is 1.10. The van der Waals surface area contributed by atoms with Gasteiger partial charge in [0.15, 0.2) is 0 Å². The van der Waals surface area contributed by atoms with Crippen molar-refractivity contribution >= 4 is 5.52 Å². The average Bonchev–Trinajstić information content (AvgIpc) is 2.71. The summed E-state index contributed by atoms with van der Waals surface area (Å²) in [4.78, 5) is 4.40. The van der Waals surface area contributed by atoms with E-state index in [2.05, 4.69) is 11.1 Å². The molecule has 0 saturated carbocycles. The van der Waals surface area contributed by atoms with Crippen molar-refractivity contribution in [3.05, 3.63) is 54.4 Å². The predicted molar refractivity (Wildman–Crippen MR) is 67.0 cm³/mol. The highest BCUT2D eigenvalue weighted by Gasteiger charge is 2.06. The zero-order chi connectivity index (χ0) is 11.8. The van der Waals surface area contributed by atoms with Crippen LogP contribution in [0.4, 0.5) is 0 Å². The summed E-state index contributed by atoms with van der Waals surface area (Å²) in [5.41, 5.74) is 3.14. The molecule has 0 unspecified atom stereocenters. The Bertz CT molecular complexity index is 686. The van der Waals surface area contributed by atoms with Gasteiger partial charge in [-0.3, -0.25) is 4.40 Å². The summed E-state index contributed by atoms with van der Waals surface area (Å²) in [6.07, 6.45) is 3.88. The number of phenols is 1. The van der Waals surface area contributed by atoms with Crippen molar-refractivity contribution in [2.24, 2.45) is 0 Å². The average molecular weight is 224 g/mol. The quantitative estimate of drug-likeness (QED) is 0.690. The first-order valence-electron chi connectivity index (χ1n) is 5.47. The van der Waals surface area contributed by atoms with E-state index in [1.54, 1.807) is 12.1 Å². The van der Waals surface area contributed by atoms with E-state index in [9.17, 15) is 5.11 Å². The molecule has 0 radical (unpaired) electrons. The molecular weight excluding hydrogens is 212 g/mol. The van der Waals surface area contributed by atoms with Crippen LogP contribution in [0.25, 0.3) is 16.9 Å². The fourth-order valence-corrected chi connectivity index (χ4v) is 1.96.